The first-order valence-electron chi connectivity index (χ1n) is 7.85. The summed E-state index contributed by atoms with van der Waals surface area (Å²) in [6.45, 7) is 2.38. The largest absolute Gasteiger partial charge is 0.399 e. The van der Waals surface area contributed by atoms with Crippen molar-refractivity contribution in [3.63, 3.8) is 0 Å². The topological polar surface area (TPSA) is 52.0 Å². The molecule has 1 aliphatic carbocycles. The van der Waals surface area contributed by atoms with Gasteiger partial charge in [0.2, 0.25) is 0 Å². The number of nitrogen functional groups attached to an aromatic ring is 2. The minimum absolute atomic E-state index is 0.0969. The fourth-order valence-corrected chi connectivity index (χ4v) is 3.93. The Kier molecular flexibility index (Phi) is 3.62. The summed E-state index contributed by atoms with van der Waals surface area (Å²) < 4.78 is 0. The Morgan fingerprint density at radius 1 is 0.810 bits per heavy atom. The maximum Gasteiger partial charge on any atom is 0.0314 e. The van der Waals surface area contributed by atoms with Crippen molar-refractivity contribution in [1.82, 2.24) is 0 Å². The van der Waals surface area contributed by atoms with E-state index in [0.717, 1.165) is 11.4 Å². The Balaban J connectivity index is 2.14. The fourth-order valence-electron chi connectivity index (χ4n) is 3.93. The molecule has 0 amide bonds. The molecule has 1 atom stereocenters. The van der Waals surface area contributed by atoms with E-state index in [-0.39, 0.29) is 5.41 Å². The summed E-state index contributed by atoms with van der Waals surface area (Å²) in [6.07, 6.45) is 5.07. The average molecular weight is 280 g/mol. The minimum atomic E-state index is 0.0969. The SMILES string of the molecule is CC1CCCCC1(c1ccc(N)cc1)c1ccc(N)cc1. The monoisotopic (exact) mass is 280 g/mol. The summed E-state index contributed by atoms with van der Waals surface area (Å²) in [5, 5.41) is 0. The van der Waals surface area contributed by atoms with Gasteiger partial charge in [0.15, 0.2) is 0 Å². The first-order chi connectivity index (χ1) is 10.1. The summed E-state index contributed by atoms with van der Waals surface area (Å²) >= 11 is 0. The molecule has 0 aromatic heterocycles. The molecule has 1 unspecified atom stereocenters. The third kappa shape index (κ3) is 2.39. The molecule has 2 aromatic carbocycles. The molecule has 3 rings (SSSR count). The van der Waals surface area contributed by atoms with Gasteiger partial charge in [-0.1, -0.05) is 44.0 Å². The lowest BCUT2D eigenvalue weighted by Crippen LogP contribution is -2.37. The van der Waals surface area contributed by atoms with Crippen LogP contribution < -0.4 is 11.5 Å². The molecule has 0 bridgehead atoms. The van der Waals surface area contributed by atoms with Gasteiger partial charge in [0.25, 0.3) is 0 Å². The van der Waals surface area contributed by atoms with Gasteiger partial charge in [-0.2, -0.15) is 0 Å². The zero-order valence-electron chi connectivity index (χ0n) is 12.7. The highest BCUT2D eigenvalue weighted by Crippen LogP contribution is 2.48. The molecule has 2 heteroatoms. The van der Waals surface area contributed by atoms with Crippen molar-refractivity contribution >= 4 is 11.4 Å². The molecule has 0 heterocycles. The second kappa shape index (κ2) is 5.44. The van der Waals surface area contributed by atoms with Crippen molar-refractivity contribution < 1.29 is 0 Å². The first kappa shape index (κ1) is 14.0. The number of nitrogens with two attached hydrogens (primary N) is 2. The Labute approximate surface area is 127 Å². The number of hydrogen-bond acceptors (Lipinski definition) is 2. The van der Waals surface area contributed by atoms with E-state index >= 15 is 0 Å². The molecule has 1 fully saturated rings. The lowest BCUT2D eigenvalue weighted by Gasteiger charge is -2.44. The standard InChI is InChI=1S/C19H24N2/c1-14-4-2-3-13-19(14,15-5-9-17(20)10-6-15)16-7-11-18(21)12-8-16/h5-12,14H,2-4,13,20-21H2,1H3. The molecule has 4 N–H and O–H groups in total. The Bertz CT molecular complexity index is 553. The smallest absolute Gasteiger partial charge is 0.0314 e. The molecule has 0 spiro atoms. The molecule has 0 radical (unpaired) electrons. The van der Waals surface area contributed by atoms with Gasteiger partial charge in [-0.15, -0.1) is 0 Å². The molecule has 0 saturated heterocycles. The van der Waals surface area contributed by atoms with Crippen LogP contribution in [0.2, 0.25) is 0 Å². The Morgan fingerprint density at radius 2 is 1.29 bits per heavy atom. The van der Waals surface area contributed by atoms with E-state index in [1.165, 1.54) is 36.8 Å². The summed E-state index contributed by atoms with van der Waals surface area (Å²) in [4.78, 5) is 0. The van der Waals surface area contributed by atoms with Crippen LogP contribution in [0, 0.1) is 5.92 Å². The Hall–Kier alpha value is -1.96. The van der Waals surface area contributed by atoms with Gasteiger partial charge in [-0.25, -0.2) is 0 Å². The molecule has 1 saturated carbocycles. The maximum atomic E-state index is 5.88. The highest BCUT2D eigenvalue weighted by molar-refractivity contribution is 5.49. The quantitative estimate of drug-likeness (QED) is 0.804. The van der Waals surface area contributed by atoms with E-state index in [4.69, 9.17) is 11.5 Å². The van der Waals surface area contributed by atoms with Gasteiger partial charge in [-0.05, 0) is 54.2 Å². The van der Waals surface area contributed by atoms with Crippen LogP contribution in [-0.4, -0.2) is 0 Å². The Morgan fingerprint density at radius 3 is 1.71 bits per heavy atom. The third-order valence-electron chi connectivity index (χ3n) is 5.15. The van der Waals surface area contributed by atoms with Crippen molar-refractivity contribution in [3.05, 3.63) is 59.7 Å². The molecular formula is C19H24N2. The highest BCUT2D eigenvalue weighted by Gasteiger charge is 2.41. The van der Waals surface area contributed by atoms with E-state index in [1.807, 2.05) is 24.3 Å². The highest BCUT2D eigenvalue weighted by atomic mass is 14.6. The number of rotatable bonds is 2. The van der Waals surface area contributed by atoms with Crippen LogP contribution in [0.5, 0.6) is 0 Å². The second-order valence-corrected chi connectivity index (χ2v) is 6.36. The van der Waals surface area contributed by atoms with Gasteiger partial charge in [0.05, 0.1) is 0 Å². The van der Waals surface area contributed by atoms with E-state index in [9.17, 15) is 0 Å². The molecule has 1 aliphatic rings. The van der Waals surface area contributed by atoms with Crippen molar-refractivity contribution in [2.24, 2.45) is 5.92 Å². The van der Waals surface area contributed by atoms with Crippen LogP contribution in [0.25, 0.3) is 0 Å². The normalized spacial score (nSPS) is 21.1. The van der Waals surface area contributed by atoms with Gasteiger partial charge in [-0.3, -0.25) is 0 Å². The first-order valence-corrected chi connectivity index (χ1v) is 7.85. The molecule has 21 heavy (non-hydrogen) atoms. The van der Waals surface area contributed by atoms with Gasteiger partial charge in [0, 0.05) is 16.8 Å². The zero-order chi connectivity index (χ0) is 14.9. The summed E-state index contributed by atoms with van der Waals surface area (Å²) in [5.74, 6) is 0.624. The van der Waals surface area contributed by atoms with Crippen LogP contribution in [0.1, 0.15) is 43.7 Å². The average Bonchev–Trinajstić information content (AvgIpc) is 2.50. The van der Waals surface area contributed by atoms with Crippen LogP contribution in [0.3, 0.4) is 0 Å². The molecule has 2 aromatic rings. The van der Waals surface area contributed by atoms with Crippen LogP contribution in [-0.2, 0) is 5.41 Å². The second-order valence-electron chi connectivity index (χ2n) is 6.36. The predicted octanol–water partition coefficient (Wildman–Crippen LogP) is 4.35. The minimum Gasteiger partial charge on any atom is -0.399 e. The van der Waals surface area contributed by atoms with Crippen molar-refractivity contribution in [2.75, 3.05) is 11.5 Å². The van der Waals surface area contributed by atoms with Gasteiger partial charge in [0.1, 0.15) is 0 Å². The van der Waals surface area contributed by atoms with E-state index in [1.54, 1.807) is 0 Å². The van der Waals surface area contributed by atoms with Crippen LogP contribution in [0.15, 0.2) is 48.5 Å². The summed E-state index contributed by atoms with van der Waals surface area (Å²) in [5.41, 5.74) is 16.3. The fraction of sp³-hybridized carbons (Fsp3) is 0.368. The van der Waals surface area contributed by atoms with Crippen molar-refractivity contribution in [3.8, 4) is 0 Å². The maximum absolute atomic E-state index is 5.88. The van der Waals surface area contributed by atoms with Gasteiger partial charge >= 0.3 is 0 Å². The predicted molar refractivity (Wildman–Crippen MR) is 90.1 cm³/mol. The lowest BCUT2D eigenvalue weighted by atomic mass is 9.60. The van der Waals surface area contributed by atoms with Crippen LogP contribution in [0.4, 0.5) is 11.4 Å². The molecule has 2 nitrogen and oxygen atoms in total. The summed E-state index contributed by atoms with van der Waals surface area (Å²) in [6, 6.07) is 16.9. The zero-order valence-corrected chi connectivity index (χ0v) is 12.7. The molecule has 0 aliphatic heterocycles. The van der Waals surface area contributed by atoms with Crippen molar-refractivity contribution in [2.45, 2.75) is 38.0 Å². The number of benzene rings is 2. The number of anilines is 2. The van der Waals surface area contributed by atoms with Gasteiger partial charge < -0.3 is 11.5 Å². The van der Waals surface area contributed by atoms with E-state index in [2.05, 4.69) is 31.2 Å². The summed E-state index contributed by atoms with van der Waals surface area (Å²) in [7, 11) is 0. The molecular weight excluding hydrogens is 256 g/mol. The van der Waals surface area contributed by atoms with Crippen molar-refractivity contribution in [1.29, 1.82) is 0 Å². The van der Waals surface area contributed by atoms with E-state index < -0.39 is 0 Å². The molecule has 110 valence electrons. The third-order valence-corrected chi connectivity index (χ3v) is 5.15. The number of hydrogen-bond donors (Lipinski definition) is 2. The van der Waals surface area contributed by atoms with E-state index in [0.29, 0.717) is 5.92 Å². The lowest BCUT2D eigenvalue weighted by molar-refractivity contribution is 0.244. The van der Waals surface area contributed by atoms with Crippen LogP contribution >= 0.6 is 0 Å².